The first kappa shape index (κ1) is 16.0. The average molecular weight is 254 g/mol. The molecular formula is C16H34N2. The second kappa shape index (κ2) is 8.16. The Morgan fingerprint density at radius 2 is 1.83 bits per heavy atom. The SMILES string of the molecule is CCNCC(C)(CC)CN(C)CC1CCCCC1. The van der Waals surface area contributed by atoms with Gasteiger partial charge in [-0.05, 0) is 44.2 Å². The van der Waals surface area contributed by atoms with E-state index in [-0.39, 0.29) is 0 Å². The van der Waals surface area contributed by atoms with Crippen molar-refractivity contribution in [2.24, 2.45) is 11.3 Å². The number of nitrogens with one attached hydrogen (secondary N) is 1. The molecule has 0 aliphatic heterocycles. The third-order valence-electron chi connectivity index (χ3n) is 4.60. The van der Waals surface area contributed by atoms with E-state index in [0.717, 1.165) is 19.0 Å². The minimum Gasteiger partial charge on any atom is -0.316 e. The number of nitrogens with zero attached hydrogens (tertiary/aromatic N) is 1. The number of hydrogen-bond acceptors (Lipinski definition) is 2. The van der Waals surface area contributed by atoms with Gasteiger partial charge in [-0.25, -0.2) is 0 Å². The normalized spacial score (nSPS) is 21.2. The summed E-state index contributed by atoms with van der Waals surface area (Å²) in [7, 11) is 2.31. The number of rotatable bonds is 8. The first-order valence-corrected chi connectivity index (χ1v) is 7.99. The Kier molecular flexibility index (Phi) is 7.25. The van der Waals surface area contributed by atoms with E-state index >= 15 is 0 Å². The molecule has 1 unspecified atom stereocenters. The molecule has 1 N–H and O–H groups in total. The van der Waals surface area contributed by atoms with Crippen molar-refractivity contribution in [1.29, 1.82) is 0 Å². The lowest BCUT2D eigenvalue weighted by atomic mass is 9.85. The molecule has 0 aromatic heterocycles. The van der Waals surface area contributed by atoms with Crippen LogP contribution >= 0.6 is 0 Å². The molecule has 0 heterocycles. The maximum atomic E-state index is 3.52. The molecule has 0 spiro atoms. The van der Waals surface area contributed by atoms with Crippen molar-refractivity contribution in [2.75, 3.05) is 33.2 Å². The summed E-state index contributed by atoms with van der Waals surface area (Å²) in [5.41, 5.74) is 0.430. The molecule has 2 nitrogen and oxygen atoms in total. The Labute approximate surface area is 115 Å². The van der Waals surface area contributed by atoms with E-state index in [2.05, 4.69) is 38.0 Å². The predicted molar refractivity (Wildman–Crippen MR) is 81.0 cm³/mol. The number of hydrogen-bond donors (Lipinski definition) is 1. The third-order valence-corrected chi connectivity index (χ3v) is 4.60. The van der Waals surface area contributed by atoms with E-state index in [1.54, 1.807) is 0 Å². The Balaban J connectivity index is 2.33. The highest BCUT2D eigenvalue weighted by Crippen LogP contribution is 2.26. The Morgan fingerprint density at radius 3 is 2.39 bits per heavy atom. The van der Waals surface area contributed by atoms with Crippen LogP contribution in [-0.4, -0.2) is 38.1 Å². The Morgan fingerprint density at radius 1 is 1.17 bits per heavy atom. The van der Waals surface area contributed by atoms with Gasteiger partial charge in [0.05, 0.1) is 0 Å². The summed E-state index contributed by atoms with van der Waals surface area (Å²) >= 11 is 0. The maximum Gasteiger partial charge on any atom is 0.00444 e. The molecule has 0 aromatic rings. The van der Waals surface area contributed by atoms with Gasteiger partial charge in [0.2, 0.25) is 0 Å². The minimum absolute atomic E-state index is 0.430. The molecule has 0 radical (unpaired) electrons. The summed E-state index contributed by atoms with van der Waals surface area (Å²) < 4.78 is 0. The van der Waals surface area contributed by atoms with Gasteiger partial charge in [0.1, 0.15) is 0 Å². The van der Waals surface area contributed by atoms with E-state index < -0.39 is 0 Å². The first-order chi connectivity index (χ1) is 8.59. The zero-order valence-electron chi connectivity index (χ0n) is 13.1. The van der Waals surface area contributed by atoms with Crippen LogP contribution in [0.25, 0.3) is 0 Å². The van der Waals surface area contributed by atoms with Gasteiger partial charge < -0.3 is 10.2 Å². The van der Waals surface area contributed by atoms with Crippen LogP contribution in [0, 0.1) is 11.3 Å². The van der Waals surface area contributed by atoms with Crippen molar-refractivity contribution in [3.63, 3.8) is 0 Å². The second-order valence-electron chi connectivity index (χ2n) is 6.65. The molecule has 0 amide bonds. The molecule has 1 aliphatic rings. The van der Waals surface area contributed by atoms with Crippen molar-refractivity contribution < 1.29 is 0 Å². The largest absolute Gasteiger partial charge is 0.316 e. The fourth-order valence-corrected chi connectivity index (χ4v) is 3.25. The zero-order valence-corrected chi connectivity index (χ0v) is 13.1. The highest BCUT2D eigenvalue weighted by Gasteiger charge is 2.25. The molecule has 0 aromatic carbocycles. The molecule has 1 atom stereocenters. The molecular weight excluding hydrogens is 220 g/mol. The van der Waals surface area contributed by atoms with E-state index in [9.17, 15) is 0 Å². The fraction of sp³-hybridized carbons (Fsp3) is 1.00. The Bertz CT molecular complexity index is 211. The van der Waals surface area contributed by atoms with Gasteiger partial charge in [0.15, 0.2) is 0 Å². The monoisotopic (exact) mass is 254 g/mol. The van der Waals surface area contributed by atoms with Crippen molar-refractivity contribution in [3.8, 4) is 0 Å². The summed E-state index contributed by atoms with van der Waals surface area (Å²) in [5.74, 6) is 0.962. The standard InChI is InChI=1S/C16H34N2/c1-5-16(3,13-17-6-2)14-18(4)12-15-10-8-7-9-11-15/h15,17H,5-14H2,1-4H3. The van der Waals surface area contributed by atoms with Crippen LogP contribution < -0.4 is 5.32 Å². The smallest absolute Gasteiger partial charge is 0.00444 e. The highest BCUT2D eigenvalue weighted by molar-refractivity contribution is 4.80. The molecule has 1 rings (SSSR count). The minimum atomic E-state index is 0.430. The van der Waals surface area contributed by atoms with E-state index in [4.69, 9.17) is 0 Å². The quantitative estimate of drug-likeness (QED) is 0.713. The van der Waals surface area contributed by atoms with E-state index in [1.807, 2.05) is 0 Å². The summed E-state index contributed by atoms with van der Waals surface area (Å²) in [6.45, 7) is 11.7. The van der Waals surface area contributed by atoms with Crippen LogP contribution in [0.4, 0.5) is 0 Å². The summed E-state index contributed by atoms with van der Waals surface area (Å²) in [6, 6.07) is 0. The third kappa shape index (κ3) is 5.71. The highest BCUT2D eigenvalue weighted by atomic mass is 15.1. The fourth-order valence-electron chi connectivity index (χ4n) is 3.25. The maximum absolute atomic E-state index is 3.52. The summed E-state index contributed by atoms with van der Waals surface area (Å²) in [6.07, 6.45) is 8.56. The molecule has 108 valence electrons. The topological polar surface area (TPSA) is 15.3 Å². The van der Waals surface area contributed by atoms with Crippen LogP contribution in [-0.2, 0) is 0 Å². The van der Waals surface area contributed by atoms with Gasteiger partial charge in [-0.2, -0.15) is 0 Å². The lowest BCUT2D eigenvalue weighted by molar-refractivity contribution is 0.151. The zero-order chi connectivity index (χ0) is 13.4. The van der Waals surface area contributed by atoms with Crippen molar-refractivity contribution >= 4 is 0 Å². The second-order valence-corrected chi connectivity index (χ2v) is 6.65. The van der Waals surface area contributed by atoms with Gasteiger partial charge in [0.25, 0.3) is 0 Å². The van der Waals surface area contributed by atoms with E-state index in [0.29, 0.717) is 5.41 Å². The van der Waals surface area contributed by atoms with Crippen molar-refractivity contribution in [1.82, 2.24) is 10.2 Å². The van der Waals surface area contributed by atoms with Gasteiger partial charge in [-0.15, -0.1) is 0 Å². The van der Waals surface area contributed by atoms with E-state index in [1.165, 1.54) is 51.6 Å². The van der Waals surface area contributed by atoms with Gasteiger partial charge in [0, 0.05) is 19.6 Å². The van der Waals surface area contributed by atoms with Crippen LogP contribution in [0.5, 0.6) is 0 Å². The van der Waals surface area contributed by atoms with Crippen LogP contribution in [0.15, 0.2) is 0 Å². The molecule has 0 saturated heterocycles. The van der Waals surface area contributed by atoms with Crippen molar-refractivity contribution in [3.05, 3.63) is 0 Å². The molecule has 1 saturated carbocycles. The summed E-state index contributed by atoms with van der Waals surface area (Å²) in [5, 5.41) is 3.52. The average Bonchev–Trinajstić information content (AvgIpc) is 2.37. The van der Waals surface area contributed by atoms with Crippen LogP contribution in [0.3, 0.4) is 0 Å². The molecule has 1 aliphatic carbocycles. The van der Waals surface area contributed by atoms with Crippen molar-refractivity contribution in [2.45, 2.75) is 59.3 Å². The van der Waals surface area contributed by atoms with Gasteiger partial charge >= 0.3 is 0 Å². The van der Waals surface area contributed by atoms with Gasteiger partial charge in [-0.1, -0.05) is 40.0 Å². The van der Waals surface area contributed by atoms with Gasteiger partial charge in [-0.3, -0.25) is 0 Å². The van der Waals surface area contributed by atoms with Crippen LogP contribution in [0.1, 0.15) is 59.3 Å². The predicted octanol–water partition coefficient (Wildman–Crippen LogP) is 3.52. The lowest BCUT2D eigenvalue weighted by Crippen LogP contribution is -2.42. The summed E-state index contributed by atoms with van der Waals surface area (Å²) in [4.78, 5) is 2.58. The molecule has 2 heteroatoms. The molecule has 1 fully saturated rings. The first-order valence-electron chi connectivity index (χ1n) is 7.99. The lowest BCUT2D eigenvalue weighted by Gasteiger charge is -2.35. The molecule has 18 heavy (non-hydrogen) atoms. The molecule has 0 bridgehead atoms. The Hall–Kier alpha value is -0.0800. The van der Waals surface area contributed by atoms with Crippen LogP contribution in [0.2, 0.25) is 0 Å².